The average Bonchev–Trinajstić information content (AvgIpc) is 2.21. The molecule has 0 aliphatic rings. The van der Waals surface area contributed by atoms with E-state index in [0.717, 1.165) is 0 Å². The number of esters is 1. The van der Waals surface area contributed by atoms with Crippen molar-refractivity contribution in [2.75, 3.05) is 7.11 Å². The van der Waals surface area contributed by atoms with E-state index in [4.69, 9.17) is 0 Å². The number of carbonyl (C=O) groups excluding carboxylic acids is 1. The van der Waals surface area contributed by atoms with E-state index in [0.29, 0.717) is 5.56 Å². The molecule has 7 heteroatoms. The van der Waals surface area contributed by atoms with Crippen molar-refractivity contribution < 1.29 is 18.3 Å². The Labute approximate surface area is 113 Å². The maximum atomic E-state index is 12.7. The van der Waals surface area contributed by atoms with Crippen LogP contribution in [0.5, 0.6) is 0 Å². The molecule has 0 bridgehead atoms. The van der Waals surface area contributed by atoms with Gasteiger partial charge in [-0.1, -0.05) is 0 Å². The highest BCUT2D eigenvalue weighted by Crippen LogP contribution is 2.33. The van der Waals surface area contributed by atoms with Gasteiger partial charge in [0.25, 0.3) is 6.43 Å². The Hall–Kier alpha value is -0.310. The molecule has 0 unspecified atom stereocenters. The molecule has 0 fully saturated rings. The van der Waals surface area contributed by atoms with Crippen molar-refractivity contribution in [1.82, 2.24) is 4.98 Å². The third-order valence-electron chi connectivity index (χ3n) is 1.86. The number of pyridine rings is 1. The predicted octanol–water partition coefficient (Wildman–Crippen LogP) is 3.10. The highest BCUT2D eigenvalue weighted by atomic mass is 127. The molecular formula is C9H7BrF2INO2. The molecule has 0 spiro atoms. The Morgan fingerprint density at radius 2 is 2.31 bits per heavy atom. The summed E-state index contributed by atoms with van der Waals surface area (Å²) in [6.07, 6.45) is -1.33. The number of aromatic nitrogens is 1. The second kappa shape index (κ2) is 5.85. The summed E-state index contributed by atoms with van der Waals surface area (Å²) < 4.78 is 30.3. The normalized spacial score (nSPS) is 10.6. The Bertz CT molecular complexity index is 415. The predicted molar refractivity (Wildman–Crippen MR) is 65.3 cm³/mol. The van der Waals surface area contributed by atoms with Gasteiger partial charge in [-0.25, -0.2) is 13.8 Å². The van der Waals surface area contributed by atoms with Gasteiger partial charge in [-0.2, -0.15) is 0 Å². The largest absolute Gasteiger partial charge is 0.469 e. The van der Waals surface area contributed by atoms with E-state index < -0.39 is 12.4 Å². The van der Waals surface area contributed by atoms with Crippen molar-refractivity contribution in [2.24, 2.45) is 0 Å². The SMILES string of the molecule is COC(=O)Cc1cnc(I)c(C(F)F)c1Br. The van der Waals surface area contributed by atoms with Gasteiger partial charge in [-0.05, 0) is 44.1 Å². The lowest BCUT2D eigenvalue weighted by Gasteiger charge is -2.09. The molecule has 0 atom stereocenters. The van der Waals surface area contributed by atoms with Crippen LogP contribution in [0.2, 0.25) is 0 Å². The standard InChI is InChI=1S/C9H7BrF2INO2/c1-16-5(15)2-4-3-14-9(13)6(7(4)10)8(11)12/h3,8H,2H2,1H3. The highest BCUT2D eigenvalue weighted by Gasteiger charge is 2.20. The molecule has 1 aromatic heterocycles. The van der Waals surface area contributed by atoms with Crippen LogP contribution < -0.4 is 0 Å². The van der Waals surface area contributed by atoms with Crippen molar-refractivity contribution in [1.29, 1.82) is 0 Å². The lowest BCUT2D eigenvalue weighted by Crippen LogP contribution is -2.08. The fourth-order valence-electron chi connectivity index (χ4n) is 1.06. The van der Waals surface area contributed by atoms with Gasteiger partial charge in [-0.3, -0.25) is 4.79 Å². The van der Waals surface area contributed by atoms with Crippen LogP contribution in [-0.2, 0) is 16.0 Å². The fourth-order valence-corrected chi connectivity index (χ4v) is 2.68. The molecule has 16 heavy (non-hydrogen) atoms. The van der Waals surface area contributed by atoms with Crippen LogP contribution in [0.4, 0.5) is 8.78 Å². The van der Waals surface area contributed by atoms with Gasteiger partial charge < -0.3 is 4.74 Å². The van der Waals surface area contributed by atoms with E-state index in [1.807, 2.05) is 0 Å². The first-order chi connectivity index (χ1) is 7.47. The van der Waals surface area contributed by atoms with E-state index >= 15 is 0 Å². The summed E-state index contributed by atoms with van der Waals surface area (Å²) in [6, 6.07) is 0. The van der Waals surface area contributed by atoms with Gasteiger partial charge in [0.15, 0.2) is 0 Å². The third kappa shape index (κ3) is 3.09. The second-order valence-electron chi connectivity index (χ2n) is 2.86. The summed E-state index contributed by atoms with van der Waals surface area (Å²) >= 11 is 4.78. The van der Waals surface area contributed by atoms with Crippen molar-refractivity contribution in [2.45, 2.75) is 12.8 Å². The maximum Gasteiger partial charge on any atom is 0.310 e. The molecule has 0 saturated carbocycles. The Morgan fingerprint density at radius 3 is 2.81 bits per heavy atom. The number of halogens is 4. The average molecular weight is 406 g/mol. The summed E-state index contributed by atoms with van der Waals surface area (Å²) in [5.41, 5.74) is 0.199. The van der Waals surface area contributed by atoms with Crippen molar-refractivity contribution in [3.63, 3.8) is 0 Å². The molecule has 0 aromatic carbocycles. The summed E-state index contributed by atoms with van der Waals surface area (Å²) in [5.74, 6) is -0.496. The van der Waals surface area contributed by atoms with Crippen molar-refractivity contribution in [3.8, 4) is 0 Å². The van der Waals surface area contributed by atoms with Crippen LogP contribution in [0.15, 0.2) is 10.7 Å². The molecule has 88 valence electrons. The molecular weight excluding hydrogens is 399 g/mol. The van der Waals surface area contributed by atoms with Crippen LogP contribution in [0.3, 0.4) is 0 Å². The smallest absolute Gasteiger partial charge is 0.310 e. The van der Waals surface area contributed by atoms with Gasteiger partial charge in [0.1, 0.15) is 3.70 Å². The van der Waals surface area contributed by atoms with E-state index in [2.05, 4.69) is 25.7 Å². The Balaban J connectivity index is 3.13. The number of methoxy groups -OCH3 is 1. The first kappa shape index (κ1) is 13.8. The molecule has 0 aliphatic carbocycles. The fraction of sp³-hybridized carbons (Fsp3) is 0.333. The minimum atomic E-state index is -2.63. The van der Waals surface area contributed by atoms with E-state index in [1.165, 1.54) is 13.3 Å². The molecule has 1 aromatic rings. The Morgan fingerprint density at radius 1 is 1.69 bits per heavy atom. The highest BCUT2D eigenvalue weighted by molar-refractivity contribution is 14.1. The zero-order valence-corrected chi connectivity index (χ0v) is 11.9. The van der Waals surface area contributed by atoms with Crippen molar-refractivity contribution in [3.05, 3.63) is 25.5 Å². The van der Waals surface area contributed by atoms with Crippen LogP contribution in [0.25, 0.3) is 0 Å². The van der Waals surface area contributed by atoms with Gasteiger partial charge in [0.05, 0.1) is 19.1 Å². The first-order valence-corrected chi connectivity index (χ1v) is 6.02. The number of hydrogen-bond donors (Lipinski definition) is 0. The van der Waals surface area contributed by atoms with Gasteiger partial charge in [-0.15, -0.1) is 0 Å². The molecule has 1 heterocycles. The lowest BCUT2D eigenvalue weighted by molar-refractivity contribution is -0.139. The molecule has 0 radical (unpaired) electrons. The summed E-state index contributed by atoms with van der Waals surface area (Å²) in [6.45, 7) is 0. The first-order valence-electron chi connectivity index (χ1n) is 4.15. The molecule has 3 nitrogen and oxygen atoms in total. The number of alkyl halides is 2. The van der Waals surface area contributed by atoms with Crippen molar-refractivity contribution >= 4 is 44.5 Å². The number of rotatable bonds is 3. The van der Waals surface area contributed by atoms with Crippen LogP contribution in [-0.4, -0.2) is 18.1 Å². The summed E-state index contributed by atoms with van der Waals surface area (Å²) in [7, 11) is 1.24. The Kier molecular flexibility index (Phi) is 5.03. The third-order valence-corrected chi connectivity index (χ3v) is 3.65. The molecule has 0 aliphatic heterocycles. The van der Waals surface area contributed by atoms with Crippen LogP contribution >= 0.6 is 38.5 Å². The number of ether oxygens (including phenoxy) is 1. The summed E-state index contributed by atoms with van der Waals surface area (Å²) in [5, 5.41) is 0. The second-order valence-corrected chi connectivity index (χ2v) is 4.67. The number of carbonyl (C=O) groups is 1. The van der Waals surface area contributed by atoms with E-state index in [-0.39, 0.29) is 20.2 Å². The molecule has 0 N–H and O–H groups in total. The monoisotopic (exact) mass is 405 g/mol. The van der Waals surface area contributed by atoms with Gasteiger partial charge in [0, 0.05) is 10.7 Å². The number of hydrogen-bond acceptors (Lipinski definition) is 3. The number of nitrogens with zero attached hydrogens (tertiary/aromatic N) is 1. The zero-order valence-electron chi connectivity index (χ0n) is 8.14. The maximum absolute atomic E-state index is 12.7. The topological polar surface area (TPSA) is 39.2 Å². The molecule has 0 saturated heterocycles. The minimum absolute atomic E-state index is 0.0826. The molecule has 1 rings (SSSR count). The van der Waals surface area contributed by atoms with E-state index in [9.17, 15) is 13.6 Å². The van der Waals surface area contributed by atoms with Crippen LogP contribution in [0.1, 0.15) is 17.6 Å². The lowest BCUT2D eigenvalue weighted by atomic mass is 10.1. The van der Waals surface area contributed by atoms with E-state index in [1.54, 1.807) is 22.6 Å². The van der Waals surface area contributed by atoms with Gasteiger partial charge >= 0.3 is 5.97 Å². The van der Waals surface area contributed by atoms with Gasteiger partial charge in [0.2, 0.25) is 0 Å². The minimum Gasteiger partial charge on any atom is -0.469 e. The zero-order chi connectivity index (χ0) is 12.3. The summed E-state index contributed by atoms with van der Waals surface area (Å²) in [4.78, 5) is 14.9. The van der Waals surface area contributed by atoms with Crippen LogP contribution in [0, 0.1) is 3.70 Å². The quantitative estimate of drug-likeness (QED) is 0.440. The molecule has 0 amide bonds.